The van der Waals surface area contributed by atoms with Crippen molar-refractivity contribution < 1.29 is 9.21 Å². The number of carbonyl (C=O) groups excluding carboxylic acids is 1. The standard InChI is InChI=1S/C21H21N5O2S/c1-25-9-8-23-21(25)29-14-18-5-6-19(28-18)20(27)24-12-16-3-2-4-17(11-16)13-26-10-7-22-15-26/h2-11,15H,12-14H2,1H3,(H,24,27). The summed E-state index contributed by atoms with van der Waals surface area (Å²) in [6.07, 6.45) is 9.13. The van der Waals surface area contributed by atoms with Crippen LogP contribution in [-0.2, 0) is 25.9 Å². The molecule has 8 heteroatoms. The lowest BCUT2D eigenvalue weighted by molar-refractivity contribution is 0.0921. The zero-order valence-electron chi connectivity index (χ0n) is 16.0. The molecule has 0 radical (unpaired) electrons. The highest BCUT2D eigenvalue weighted by Crippen LogP contribution is 2.22. The summed E-state index contributed by atoms with van der Waals surface area (Å²) in [6.45, 7) is 1.19. The minimum absolute atomic E-state index is 0.224. The molecule has 0 bridgehead atoms. The van der Waals surface area contributed by atoms with E-state index in [-0.39, 0.29) is 5.91 Å². The van der Waals surface area contributed by atoms with E-state index in [2.05, 4.69) is 27.4 Å². The maximum Gasteiger partial charge on any atom is 0.287 e. The van der Waals surface area contributed by atoms with Gasteiger partial charge >= 0.3 is 0 Å². The third-order valence-corrected chi connectivity index (χ3v) is 5.46. The second-order valence-corrected chi connectivity index (χ2v) is 7.56. The van der Waals surface area contributed by atoms with Gasteiger partial charge in [-0.05, 0) is 23.3 Å². The smallest absolute Gasteiger partial charge is 0.287 e. The van der Waals surface area contributed by atoms with Gasteiger partial charge in [-0.3, -0.25) is 4.79 Å². The van der Waals surface area contributed by atoms with Crippen molar-refractivity contribution >= 4 is 17.7 Å². The Morgan fingerprint density at radius 1 is 1.17 bits per heavy atom. The van der Waals surface area contributed by atoms with E-state index in [1.807, 2.05) is 46.8 Å². The summed E-state index contributed by atoms with van der Waals surface area (Å²) in [4.78, 5) is 20.7. The number of amides is 1. The van der Waals surface area contributed by atoms with Crippen molar-refractivity contribution in [3.05, 3.63) is 90.2 Å². The van der Waals surface area contributed by atoms with Crippen LogP contribution in [0.5, 0.6) is 0 Å². The molecule has 1 amide bonds. The van der Waals surface area contributed by atoms with Crippen LogP contribution in [0.15, 0.2) is 77.1 Å². The first-order valence-corrected chi connectivity index (χ1v) is 10.2. The van der Waals surface area contributed by atoms with Gasteiger partial charge in [0.2, 0.25) is 0 Å². The normalized spacial score (nSPS) is 10.9. The number of nitrogens with one attached hydrogen (secondary N) is 1. The number of aromatic nitrogens is 4. The first kappa shape index (κ1) is 19.1. The van der Waals surface area contributed by atoms with Gasteiger partial charge in [0.25, 0.3) is 5.91 Å². The molecule has 3 aromatic heterocycles. The van der Waals surface area contributed by atoms with Crippen LogP contribution in [0.4, 0.5) is 0 Å². The molecule has 3 heterocycles. The molecule has 148 valence electrons. The van der Waals surface area contributed by atoms with E-state index < -0.39 is 0 Å². The Kier molecular flexibility index (Phi) is 5.81. The quantitative estimate of drug-likeness (QED) is 0.453. The van der Waals surface area contributed by atoms with Crippen LogP contribution in [0.3, 0.4) is 0 Å². The van der Waals surface area contributed by atoms with E-state index in [4.69, 9.17) is 4.42 Å². The van der Waals surface area contributed by atoms with Crippen LogP contribution in [0.1, 0.15) is 27.4 Å². The molecular weight excluding hydrogens is 386 g/mol. The third-order valence-electron chi connectivity index (χ3n) is 4.37. The molecule has 1 N–H and O–H groups in total. The number of furan rings is 1. The monoisotopic (exact) mass is 407 g/mol. The average molecular weight is 407 g/mol. The summed E-state index contributed by atoms with van der Waals surface area (Å²) in [5, 5.41) is 3.82. The zero-order chi connectivity index (χ0) is 20.1. The highest BCUT2D eigenvalue weighted by molar-refractivity contribution is 7.98. The summed E-state index contributed by atoms with van der Waals surface area (Å²) in [7, 11) is 1.95. The maximum atomic E-state index is 12.4. The van der Waals surface area contributed by atoms with Crippen molar-refractivity contribution in [2.45, 2.75) is 24.0 Å². The van der Waals surface area contributed by atoms with Gasteiger partial charge in [-0.1, -0.05) is 36.0 Å². The number of rotatable bonds is 8. The molecule has 0 aliphatic heterocycles. The summed E-state index contributed by atoms with van der Waals surface area (Å²) < 4.78 is 9.64. The number of aryl methyl sites for hydroxylation is 1. The summed E-state index contributed by atoms with van der Waals surface area (Å²) >= 11 is 1.56. The number of benzene rings is 1. The molecule has 4 aromatic rings. The van der Waals surface area contributed by atoms with Crippen LogP contribution >= 0.6 is 11.8 Å². The Hall–Kier alpha value is -3.26. The molecule has 7 nitrogen and oxygen atoms in total. The molecule has 4 rings (SSSR count). The lowest BCUT2D eigenvalue weighted by Crippen LogP contribution is -2.22. The van der Waals surface area contributed by atoms with E-state index in [1.165, 1.54) is 0 Å². The van der Waals surface area contributed by atoms with Crippen molar-refractivity contribution in [3.8, 4) is 0 Å². The Morgan fingerprint density at radius 2 is 2.07 bits per heavy atom. The van der Waals surface area contributed by atoms with Gasteiger partial charge in [0, 0.05) is 44.9 Å². The minimum Gasteiger partial charge on any atom is -0.455 e. The minimum atomic E-state index is -0.224. The lowest BCUT2D eigenvalue weighted by Gasteiger charge is -2.07. The van der Waals surface area contributed by atoms with E-state index in [0.717, 1.165) is 28.6 Å². The van der Waals surface area contributed by atoms with Crippen LogP contribution < -0.4 is 5.32 Å². The third kappa shape index (κ3) is 4.97. The van der Waals surface area contributed by atoms with Gasteiger partial charge in [0.05, 0.1) is 12.1 Å². The van der Waals surface area contributed by atoms with E-state index >= 15 is 0 Å². The van der Waals surface area contributed by atoms with Gasteiger partial charge in [-0.25, -0.2) is 9.97 Å². The molecule has 0 saturated carbocycles. The second kappa shape index (κ2) is 8.83. The molecule has 0 fully saturated rings. The van der Waals surface area contributed by atoms with Crippen LogP contribution in [-0.4, -0.2) is 25.0 Å². The van der Waals surface area contributed by atoms with Gasteiger partial charge < -0.3 is 18.9 Å². The van der Waals surface area contributed by atoms with Crippen molar-refractivity contribution in [2.75, 3.05) is 0 Å². The van der Waals surface area contributed by atoms with E-state index in [9.17, 15) is 4.79 Å². The maximum absolute atomic E-state index is 12.4. The molecule has 0 atom stereocenters. The van der Waals surface area contributed by atoms with Crippen LogP contribution in [0.2, 0.25) is 0 Å². The Morgan fingerprint density at radius 3 is 2.86 bits per heavy atom. The Balaban J connectivity index is 1.31. The number of nitrogens with zero attached hydrogens (tertiary/aromatic N) is 4. The predicted molar refractivity (Wildman–Crippen MR) is 110 cm³/mol. The topological polar surface area (TPSA) is 77.9 Å². The molecular formula is C21H21N5O2S. The van der Waals surface area contributed by atoms with Gasteiger partial charge in [-0.15, -0.1) is 0 Å². The molecule has 1 aromatic carbocycles. The first-order valence-electron chi connectivity index (χ1n) is 9.18. The number of imidazole rings is 2. The number of hydrogen-bond acceptors (Lipinski definition) is 5. The second-order valence-electron chi connectivity index (χ2n) is 6.61. The summed E-state index contributed by atoms with van der Waals surface area (Å²) in [5.74, 6) is 1.45. The molecule has 0 aliphatic rings. The molecule has 29 heavy (non-hydrogen) atoms. The van der Waals surface area contributed by atoms with Gasteiger partial charge in [0.1, 0.15) is 5.76 Å². The predicted octanol–water partition coefficient (Wildman–Crippen LogP) is 3.48. The highest BCUT2D eigenvalue weighted by Gasteiger charge is 2.12. The van der Waals surface area contributed by atoms with Gasteiger partial charge in [0.15, 0.2) is 10.9 Å². The largest absolute Gasteiger partial charge is 0.455 e. The lowest BCUT2D eigenvalue weighted by atomic mass is 10.1. The summed E-state index contributed by atoms with van der Waals surface area (Å²) in [6, 6.07) is 11.7. The van der Waals surface area contributed by atoms with Crippen molar-refractivity contribution in [1.29, 1.82) is 0 Å². The van der Waals surface area contributed by atoms with Crippen LogP contribution in [0, 0.1) is 0 Å². The van der Waals surface area contributed by atoms with Gasteiger partial charge in [-0.2, -0.15) is 0 Å². The Labute approximate surface area is 172 Å². The highest BCUT2D eigenvalue weighted by atomic mass is 32.2. The molecule has 0 aliphatic carbocycles. The number of carbonyl (C=O) groups is 1. The molecule has 0 spiro atoms. The van der Waals surface area contributed by atoms with Crippen molar-refractivity contribution in [1.82, 2.24) is 24.4 Å². The number of hydrogen-bond donors (Lipinski definition) is 1. The summed E-state index contributed by atoms with van der Waals surface area (Å²) in [5.41, 5.74) is 2.19. The van der Waals surface area contributed by atoms with Crippen LogP contribution in [0.25, 0.3) is 0 Å². The van der Waals surface area contributed by atoms with E-state index in [1.54, 1.807) is 36.5 Å². The molecule has 0 saturated heterocycles. The number of thioether (sulfide) groups is 1. The average Bonchev–Trinajstić information content (AvgIpc) is 3.47. The van der Waals surface area contributed by atoms with Crippen molar-refractivity contribution in [3.63, 3.8) is 0 Å². The first-order chi connectivity index (χ1) is 14.2. The van der Waals surface area contributed by atoms with E-state index in [0.29, 0.717) is 18.1 Å². The molecule has 0 unspecified atom stereocenters. The fraction of sp³-hybridized carbons (Fsp3) is 0.190. The SMILES string of the molecule is Cn1ccnc1SCc1ccc(C(=O)NCc2cccc(Cn3ccnc3)c2)o1. The Bertz CT molecular complexity index is 1080. The zero-order valence-corrected chi connectivity index (χ0v) is 16.8. The fourth-order valence-electron chi connectivity index (χ4n) is 2.90. The van der Waals surface area contributed by atoms with Crippen molar-refractivity contribution in [2.24, 2.45) is 7.05 Å². The fourth-order valence-corrected chi connectivity index (χ4v) is 3.73.